The average molecular weight is 418 g/mol. The molecule has 0 unspecified atom stereocenters. The zero-order chi connectivity index (χ0) is 20.1. The van der Waals surface area contributed by atoms with Crippen LogP contribution in [0.3, 0.4) is 0 Å². The lowest BCUT2D eigenvalue weighted by molar-refractivity contribution is 0.0944. The van der Waals surface area contributed by atoms with E-state index < -0.39 is 0 Å². The molecule has 2 aliphatic rings. The Morgan fingerprint density at radius 1 is 1.10 bits per heavy atom. The van der Waals surface area contributed by atoms with Crippen molar-refractivity contribution in [3.63, 3.8) is 0 Å². The zero-order valence-electron chi connectivity index (χ0n) is 16.6. The number of hydrogen-bond acceptors (Lipinski definition) is 6. The van der Waals surface area contributed by atoms with Gasteiger partial charge >= 0.3 is 0 Å². The fourth-order valence-corrected chi connectivity index (χ4v) is 4.12. The molecule has 2 fully saturated rings. The lowest BCUT2D eigenvalue weighted by atomic mass is 10.2. The van der Waals surface area contributed by atoms with Gasteiger partial charge in [-0.15, -0.1) is 0 Å². The normalized spacial score (nSPS) is 18.3. The molecule has 1 aromatic heterocycles. The second-order valence-corrected chi connectivity index (χ2v) is 8.11. The van der Waals surface area contributed by atoms with E-state index in [1.54, 1.807) is 0 Å². The standard InChI is InChI=1S/C21H28ClN5O2/c22-17-4-3-5-18(14-17)27-12-10-26(11-13-27)15-20-24-19(16-29-20)21(28)23-6-9-25-7-1-2-8-25/h3-5,14,16H,1-2,6-13,15H2,(H,23,28). The number of benzene rings is 1. The number of halogens is 1. The molecule has 0 spiro atoms. The Balaban J connectivity index is 1.21. The molecule has 2 aliphatic heterocycles. The van der Waals surface area contributed by atoms with E-state index in [2.05, 4.69) is 31.1 Å². The molecule has 1 aromatic carbocycles. The molecule has 2 aromatic rings. The number of anilines is 1. The average Bonchev–Trinajstić information content (AvgIpc) is 3.41. The number of carbonyl (C=O) groups excluding carboxylic acids is 1. The first kappa shape index (κ1) is 20.2. The predicted octanol–water partition coefficient (Wildman–Crippen LogP) is 2.48. The fraction of sp³-hybridized carbons (Fsp3) is 0.524. The lowest BCUT2D eigenvalue weighted by Crippen LogP contribution is -2.46. The van der Waals surface area contributed by atoms with Gasteiger partial charge in [0.1, 0.15) is 6.26 Å². The molecule has 0 aliphatic carbocycles. The molecule has 2 saturated heterocycles. The molecule has 0 saturated carbocycles. The molecule has 1 N–H and O–H groups in total. The fourth-order valence-electron chi connectivity index (χ4n) is 3.94. The third kappa shape index (κ3) is 5.50. The van der Waals surface area contributed by atoms with Gasteiger partial charge in [0.15, 0.2) is 5.69 Å². The Labute approximate surface area is 176 Å². The van der Waals surface area contributed by atoms with E-state index in [0.717, 1.165) is 56.5 Å². The topological polar surface area (TPSA) is 64.9 Å². The number of piperazine rings is 1. The van der Waals surface area contributed by atoms with Gasteiger partial charge in [-0.1, -0.05) is 17.7 Å². The van der Waals surface area contributed by atoms with E-state index in [9.17, 15) is 4.79 Å². The van der Waals surface area contributed by atoms with Crippen molar-refractivity contribution in [2.24, 2.45) is 0 Å². The van der Waals surface area contributed by atoms with Gasteiger partial charge in [0.2, 0.25) is 5.89 Å². The van der Waals surface area contributed by atoms with Crippen molar-refractivity contribution in [3.05, 3.63) is 47.1 Å². The van der Waals surface area contributed by atoms with E-state index in [1.165, 1.54) is 19.1 Å². The van der Waals surface area contributed by atoms with E-state index in [4.69, 9.17) is 16.0 Å². The summed E-state index contributed by atoms with van der Waals surface area (Å²) in [6.45, 7) is 8.09. The van der Waals surface area contributed by atoms with Gasteiger partial charge < -0.3 is 19.5 Å². The summed E-state index contributed by atoms with van der Waals surface area (Å²) in [5.74, 6) is 0.427. The Morgan fingerprint density at radius 3 is 2.66 bits per heavy atom. The summed E-state index contributed by atoms with van der Waals surface area (Å²) in [7, 11) is 0. The molecule has 1 amide bonds. The second kappa shape index (κ2) is 9.61. The number of nitrogens with one attached hydrogen (secondary N) is 1. The van der Waals surface area contributed by atoms with Crippen molar-refractivity contribution >= 4 is 23.2 Å². The van der Waals surface area contributed by atoms with Crippen molar-refractivity contribution in [1.82, 2.24) is 20.1 Å². The number of nitrogens with zero attached hydrogens (tertiary/aromatic N) is 4. The highest BCUT2D eigenvalue weighted by atomic mass is 35.5. The van der Waals surface area contributed by atoms with Gasteiger partial charge in [0.05, 0.1) is 6.54 Å². The molecule has 0 radical (unpaired) electrons. The van der Waals surface area contributed by atoms with Crippen LogP contribution >= 0.6 is 11.6 Å². The molecular weight excluding hydrogens is 390 g/mol. The van der Waals surface area contributed by atoms with Crippen LogP contribution in [0, 0.1) is 0 Å². The maximum Gasteiger partial charge on any atom is 0.273 e. The monoisotopic (exact) mass is 417 g/mol. The van der Waals surface area contributed by atoms with Gasteiger partial charge in [0.25, 0.3) is 5.91 Å². The van der Waals surface area contributed by atoms with Crippen molar-refractivity contribution in [2.45, 2.75) is 19.4 Å². The van der Waals surface area contributed by atoms with Crippen molar-refractivity contribution in [3.8, 4) is 0 Å². The van der Waals surface area contributed by atoms with Crippen LogP contribution in [0.1, 0.15) is 29.2 Å². The van der Waals surface area contributed by atoms with Gasteiger partial charge in [-0.05, 0) is 44.1 Å². The molecule has 0 bridgehead atoms. The van der Waals surface area contributed by atoms with Gasteiger partial charge in [-0.25, -0.2) is 4.98 Å². The van der Waals surface area contributed by atoms with Crippen LogP contribution < -0.4 is 10.2 Å². The molecule has 8 heteroatoms. The summed E-state index contributed by atoms with van der Waals surface area (Å²) in [5.41, 5.74) is 1.51. The number of aromatic nitrogens is 1. The smallest absolute Gasteiger partial charge is 0.273 e. The largest absolute Gasteiger partial charge is 0.447 e. The SMILES string of the molecule is O=C(NCCN1CCCC1)c1coc(CN2CCN(c3cccc(Cl)c3)CC2)n1. The highest BCUT2D eigenvalue weighted by Crippen LogP contribution is 2.21. The Kier molecular flexibility index (Phi) is 6.69. The summed E-state index contributed by atoms with van der Waals surface area (Å²) in [4.78, 5) is 23.6. The van der Waals surface area contributed by atoms with Crippen molar-refractivity contribution < 1.29 is 9.21 Å². The minimum absolute atomic E-state index is 0.162. The van der Waals surface area contributed by atoms with E-state index in [1.807, 2.05) is 18.2 Å². The molecule has 4 rings (SSSR count). The minimum Gasteiger partial charge on any atom is -0.447 e. The Bertz CT molecular complexity index is 813. The summed E-state index contributed by atoms with van der Waals surface area (Å²) < 4.78 is 5.54. The van der Waals surface area contributed by atoms with Crippen LogP contribution in [-0.4, -0.2) is 73.0 Å². The molecule has 0 atom stereocenters. The minimum atomic E-state index is -0.162. The van der Waals surface area contributed by atoms with Crippen LogP contribution in [0.25, 0.3) is 0 Å². The lowest BCUT2D eigenvalue weighted by Gasteiger charge is -2.35. The van der Waals surface area contributed by atoms with Gasteiger partial charge in [-0.3, -0.25) is 9.69 Å². The zero-order valence-corrected chi connectivity index (χ0v) is 17.4. The van der Waals surface area contributed by atoms with E-state index in [0.29, 0.717) is 24.7 Å². The molecule has 29 heavy (non-hydrogen) atoms. The molecular formula is C21H28ClN5O2. The summed E-state index contributed by atoms with van der Waals surface area (Å²) in [5, 5.41) is 3.70. The van der Waals surface area contributed by atoms with E-state index in [-0.39, 0.29) is 5.91 Å². The Hall–Kier alpha value is -2.09. The molecule has 3 heterocycles. The highest BCUT2D eigenvalue weighted by molar-refractivity contribution is 6.30. The van der Waals surface area contributed by atoms with Crippen LogP contribution in [0.2, 0.25) is 5.02 Å². The number of carbonyl (C=O) groups is 1. The van der Waals surface area contributed by atoms with Crippen molar-refractivity contribution in [2.75, 3.05) is 57.3 Å². The first-order valence-electron chi connectivity index (χ1n) is 10.4. The second-order valence-electron chi connectivity index (χ2n) is 7.67. The Morgan fingerprint density at radius 2 is 1.90 bits per heavy atom. The van der Waals surface area contributed by atoms with Crippen LogP contribution in [0.4, 0.5) is 5.69 Å². The number of rotatable bonds is 7. The maximum absolute atomic E-state index is 12.3. The van der Waals surface area contributed by atoms with E-state index >= 15 is 0 Å². The maximum atomic E-state index is 12.3. The summed E-state index contributed by atoms with van der Waals surface area (Å²) in [6, 6.07) is 7.96. The summed E-state index contributed by atoms with van der Waals surface area (Å²) in [6.07, 6.45) is 3.98. The number of oxazole rings is 1. The van der Waals surface area contributed by atoms with Gasteiger partial charge in [-0.2, -0.15) is 0 Å². The number of hydrogen-bond donors (Lipinski definition) is 1. The van der Waals surface area contributed by atoms with Crippen LogP contribution in [0.15, 0.2) is 34.9 Å². The third-order valence-corrected chi connectivity index (χ3v) is 5.84. The first-order chi connectivity index (χ1) is 14.2. The number of amides is 1. The quantitative estimate of drug-likeness (QED) is 0.746. The summed E-state index contributed by atoms with van der Waals surface area (Å²) >= 11 is 6.10. The molecule has 7 nitrogen and oxygen atoms in total. The molecule has 156 valence electrons. The third-order valence-electron chi connectivity index (χ3n) is 5.60. The predicted molar refractivity (Wildman–Crippen MR) is 113 cm³/mol. The van der Waals surface area contributed by atoms with Crippen LogP contribution in [-0.2, 0) is 6.54 Å². The number of likely N-dealkylation sites (tertiary alicyclic amines) is 1. The van der Waals surface area contributed by atoms with Crippen LogP contribution in [0.5, 0.6) is 0 Å². The first-order valence-corrected chi connectivity index (χ1v) is 10.7. The highest BCUT2D eigenvalue weighted by Gasteiger charge is 2.20. The van der Waals surface area contributed by atoms with Gasteiger partial charge in [0, 0.05) is 50.0 Å². The van der Waals surface area contributed by atoms with Crippen molar-refractivity contribution in [1.29, 1.82) is 0 Å².